The van der Waals surface area contributed by atoms with E-state index in [1.165, 1.54) is 30.1 Å². The molecule has 2 aromatic rings. The molecule has 40 heavy (non-hydrogen) atoms. The Morgan fingerprint density at radius 1 is 1.25 bits per heavy atom. The molecule has 6 atom stereocenters. The van der Waals surface area contributed by atoms with Crippen LogP contribution in [0.5, 0.6) is 0 Å². The van der Waals surface area contributed by atoms with E-state index in [0.29, 0.717) is 18.8 Å². The number of rotatable bonds is 7. The molecule has 15 heteroatoms. The second-order valence-electron chi connectivity index (χ2n) is 9.76. The molecule has 0 aliphatic carbocycles. The quantitative estimate of drug-likeness (QED) is 0.262. The second kappa shape index (κ2) is 13.9. The van der Waals surface area contributed by atoms with E-state index >= 15 is 0 Å². The number of nitrogens with zero attached hydrogens (tertiary/aromatic N) is 4. The molecule has 220 valence electrons. The molecule has 0 saturated carbocycles. The SMILES string of the molecule is CO[C@@H]1[C@@H](n2cc(-c3ccc(Br)c(F)c3F)nn2)[C@@H](O)[C@@H](CO)O[C@@H]1CC1CC(C2CCNCC2)=NO1.O=CO. The molecule has 2 fully saturated rings. The summed E-state index contributed by atoms with van der Waals surface area (Å²) in [5.74, 6) is -1.70. The first-order valence-corrected chi connectivity index (χ1v) is 13.7. The van der Waals surface area contributed by atoms with E-state index in [9.17, 15) is 19.0 Å². The van der Waals surface area contributed by atoms with Gasteiger partial charge in [0.2, 0.25) is 0 Å². The van der Waals surface area contributed by atoms with Crippen molar-refractivity contribution in [2.45, 2.75) is 62.2 Å². The summed E-state index contributed by atoms with van der Waals surface area (Å²) in [6, 6.07) is 1.96. The van der Waals surface area contributed by atoms with Crippen LogP contribution in [0.3, 0.4) is 0 Å². The van der Waals surface area contributed by atoms with Crippen LogP contribution in [0.15, 0.2) is 28.0 Å². The van der Waals surface area contributed by atoms with Gasteiger partial charge in [-0.2, -0.15) is 0 Å². The van der Waals surface area contributed by atoms with Crippen molar-refractivity contribution >= 4 is 28.1 Å². The zero-order chi connectivity index (χ0) is 28.8. The van der Waals surface area contributed by atoms with E-state index in [2.05, 4.69) is 36.7 Å². The van der Waals surface area contributed by atoms with E-state index in [4.69, 9.17) is 24.2 Å². The van der Waals surface area contributed by atoms with Gasteiger partial charge in [-0.15, -0.1) is 5.10 Å². The van der Waals surface area contributed by atoms with Gasteiger partial charge in [0.25, 0.3) is 6.47 Å². The molecular formula is C25H32BrF2N5O7. The van der Waals surface area contributed by atoms with E-state index in [0.717, 1.165) is 31.6 Å². The number of carbonyl (C=O) groups is 1. The molecule has 0 radical (unpaired) electrons. The van der Waals surface area contributed by atoms with Crippen molar-refractivity contribution in [2.24, 2.45) is 11.1 Å². The Bertz CT molecular complexity index is 1180. The molecule has 3 aliphatic rings. The molecule has 4 N–H and O–H groups in total. The number of oxime groups is 1. The molecule has 1 aromatic heterocycles. The molecule has 0 amide bonds. The molecule has 5 rings (SSSR count). The Balaban J connectivity index is 0.00000118. The molecule has 1 aromatic carbocycles. The monoisotopic (exact) mass is 631 g/mol. The van der Waals surface area contributed by atoms with Crippen molar-refractivity contribution in [2.75, 3.05) is 26.8 Å². The molecule has 1 unspecified atom stereocenters. The number of carboxylic acid groups (broad SMARTS) is 1. The fraction of sp³-hybridized carbons (Fsp3) is 0.600. The first kappa shape index (κ1) is 30.4. The molecule has 2 saturated heterocycles. The van der Waals surface area contributed by atoms with Crippen molar-refractivity contribution in [3.05, 3.63) is 34.4 Å². The van der Waals surface area contributed by atoms with Gasteiger partial charge in [-0.1, -0.05) is 10.4 Å². The Hall–Kier alpha value is -2.56. The molecular weight excluding hydrogens is 600 g/mol. The predicted octanol–water partition coefficient (Wildman–Crippen LogP) is 1.90. The van der Waals surface area contributed by atoms with Gasteiger partial charge in [0.15, 0.2) is 11.6 Å². The summed E-state index contributed by atoms with van der Waals surface area (Å²) in [4.78, 5) is 14.1. The molecule has 4 heterocycles. The highest BCUT2D eigenvalue weighted by atomic mass is 79.9. The first-order chi connectivity index (χ1) is 19.3. The summed E-state index contributed by atoms with van der Waals surface area (Å²) in [6.07, 6.45) is 0.982. The second-order valence-corrected chi connectivity index (χ2v) is 10.6. The van der Waals surface area contributed by atoms with Crippen LogP contribution in [0.4, 0.5) is 8.78 Å². The van der Waals surface area contributed by atoms with Gasteiger partial charge in [0.05, 0.1) is 29.1 Å². The summed E-state index contributed by atoms with van der Waals surface area (Å²) in [6.45, 7) is 1.24. The van der Waals surface area contributed by atoms with E-state index in [-0.39, 0.29) is 28.3 Å². The number of aliphatic hydroxyl groups excluding tert-OH is 2. The Morgan fingerprint density at radius 3 is 2.65 bits per heavy atom. The Labute approximate surface area is 237 Å². The van der Waals surface area contributed by atoms with Crippen molar-refractivity contribution < 1.29 is 43.2 Å². The van der Waals surface area contributed by atoms with Gasteiger partial charge in [-0.3, -0.25) is 4.79 Å². The van der Waals surface area contributed by atoms with Gasteiger partial charge in [0, 0.05) is 31.4 Å². The Morgan fingerprint density at radius 2 is 1.98 bits per heavy atom. The van der Waals surface area contributed by atoms with Crippen LogP contribution in [0.2, 0.25) is 0 Å². The number of ether oxygens (including phenoxy) is 2. The largest absolute Gasteiger partial charge is 0.483 e. The molecule has 3 aliphatic heterocycles. The van der Waals surface area contributed by atoms with Gasteiger partial charge < -0.3 is 34.9 Å². The van der Waals surface area contributed by atoms with Crippen LogP contribution in [-0.4, -0.2) is 99.8 Å². The summed E-state index contributed by atoms with van der Waals surface area (Å²) in [5, 5.41) is 43.6. The fourth-order valence-electron chi connectivity index (χ4n) is 5.46. The summed E-state index contributed by atoms with van der Waals surface area (Å²) in [5.41, 5.74) is 1.07. The fourth-order valence-corrected chi connectivity index (χ4v) is 5.76. The first-order valence-electron chi connectivity index (χ1n) is 12.9. The van der Waals surface area contributed by atoms with Crippen LogP contribution in [0, 0.1) is 17.6 Å². The number of piperidine rings is 1. The highest BCUT2D eigenvalue weighted by molar-refractivity contribution is 9.10. The predicted molar refractivity (Wildman–Crippen MR) is 140 cm³/mol. The van der Waals surface area contributed by atoms with Crippen molar-refractivity contribution in [3.8, 4) is 11.3 Å². The molecule has 12 nitrogen and oxygen atoms in total. The number of benzene rings is 1. The number of hydrogen-bond donors (Lipinski definition) is 4. The lowest BCUT2D eigenvalue weighted by Gasteiger charge is -2.44. The molecule has 0 bridgehead atoms. The summed E-state index contributed by atoms with van der Waals surface area (Å²) >= 11 is 2.96. The summed E-state index contributed by atoms with van der Waals surface area (Å²) in [7, 11) is 1.49. The standard InChI is InChI=1S/C24H30BrF2N5O5.CH2O2/c1-35-24-18(9-13-8-16(30-37-13)12-4-6-28-7-5-12)36-19(11-33)23(34)22(24)32-10-17(29-31-32)14-2-3-15(25)21(27)20(14)26;2-1-3/h2-3,10,12-13,18-19,22-24,28,33-34H,4-9,11H2,1H3;1H,(H,2,3)/t13?,18-,19-,22+,23+,24+;/m1./s1. The normalized spacial score (nSPS) is 28.8. The van der Waals surface area contributed by atoms with Crippen LogP contribution >= 0.6 is 15.9 Å². The third-order valence-electron chi connectivity index (χ3n) is 7.42. The number of hydrogen-bond acceptors (Lipinski definition) is 10. The minimum atomic E-state index is -1.20. The topological polar surface area (TPSA) is 161 Å². The van der Waals surface area contributed by atoms with Crippen molar-refractivity contribution in [1.82, 2.24) is 20.3 Å². The lowest BCUT2D eigenvalue weighted by Crippen LogP contribution is -2.57. The average molecular weight is 632 g/mol. The lowest BCUT2D eigenvalue weighted by atomic mass is 9.87. The van der Waals surface area contributed by atoms with Crippen molar-refractivity contribution in [3.63, 3.8) is 0 Å². The minimum absolute atomic E-state index is 0.00417. The van der Waals surface area contributed by atoms with Gasteiger partial charge >= 0.3 is 0 Å². The van der Waals surface area contributed by atoms with Crippen molar-refractivity contribution in [1.29, 1.82) is 0 Å². The zero-order valence-corrected chi connectivity index (χ0v) is 23.3. The van der Waals surface area contributed by atoms with Gasteiger partial charge in [-0.05, 0) is 54.0 Å². The maximum absolute atomic E-state index is 14.6. The minimum Gasteiger partial charge on any atom is -0.483 e. The average Bonchev–Trinajstić information content (AvgIpc) is 3.63. The van der Waals surface area contributed by atoms with Crippen LogP contribution < -0.4 is 5.32 Å². The maximum atomic E-state index is 14.6. The zero-order valence-electron chi connectivity index (χ0n) is 21.7. The highest BCUT2D eigenvalue weighted by Gasteiger charge is 2.48. The number of aromatic nitrogens is 3. The lowest BCUT2D eigenvalue weighted by molar-refractivity contribution is -0.219. The third kappa shape index (κ3) is 6.50. The van der Waals surface area contributed by atoms with Gasteiger partial charge in [-0.25, -0.2) is 13.5 Å². The van der Waals surface area contributed by atoms with Gasteiger partial charge in [0.1, 0.15) is 36.2 Å². The smallest absolute Gasteiger partial charge is 0.290 e. The van der Waals surface area contributed by atoms with Crippen LogP contribution in [0.25, 0.3) is 11.3 Å². The Kier molecular flexibility index (Phi) is 10.5. The van der Waals surface area contributed by atoms with Crippen LogP contribution in [-0.2, 0) is 19.1 Å². The number of halogens is 3. The number of aliphatic hydroxyl groups is 2. The number of nitrogens with one attached hydrogen (secondary N) is 1. The number of methoxy groups -OCH3 is 1. The molecule has 0 spiro atoms. The highest BCUT2D eigenvalue weighted by Crippen LogP contribution is 2.36. The van der Waals surface area contributed by atoms with E-state index in [1.807, 2.05) is 0 Å². The van der Waals surface area contributed by atoms with E-state index < -0.39 is 48.7 Å². The maximum Gasteiger partial charge on any atom is 0.290 e. The van der Waals surface area contributed by atoms with Crippen LogP contribution in [0.1, 0.15) is 31.7 Å². The third-order valence-corrected chi connectivity index (χ3v) is 8.04. The van der Waals surface area contributed by atoms with E-state index in [1.54, 1.807) is 0 Å². The summed E-state index contributed by atoms with van der Waals surface area (Å²) < 4.78 is 41.8.